The Bertz CT molecular complexity index is 706. The standard InChI is InChI=1S/C16H21N5O3/c1-21(2)6-7-24-15-8-11(23-3)4-5-12(15)13-9-18-10-14(19-13)16(22)20-17/h4-5,8-10H,6-7,17H2,1-3H3,(H,20,22). The summed E-state index contributed by atoms with van der Waals surface area (Å²) in [5.41, 5.74) is 3.40. The minimum atomic E-state index is -0.507. The van der Waals surface area contributed by atoms with Crippen molar-refractivity contribution in [2.75, 3.05) is 34.4 Å². The van der Waals surface area contributed by atoms with E-state index in [1.807, 2.05) is 30.5 Å². The smallest absolute Gasteiger partial charge is 0.285 e. The Labute approximate surface area is 140 Å². The second-order valence-corrected chi connectivity index (χ2v) is 5.28. The van der Waals surface area contributed by atoms with Crippen molar-refractivity contribution in [2.45, 2.75) is 0 Å². The highest BCUT2D eigenvalue weighted by Gasteiger charge is 2.13. The number of benzene rings is 1. The second-order valence-electron chi connectivity index (χ2n) is 5.28. The van der Waals surface area contributed by atoms with Crippen LogP contribution in [0.15, 0.2) is 30.6 Å². The molecule has 0 aliphatic rings. The fourth-order valence-corrected chi connectivity index (χ4v) is 1.98. The zero-order valence-electron chi connectivity index (χ0n) is 13.9. The molecule has 1 aromatic carbocycles. The molecule has 24 heavy (non-hydrogen) atoms. The number of nitrogens with one attached hydrogen (secondary N) is 1. The third-order valence-corrected chi connectivity index (χ3v) is 3.26. The number of nitrogens with two attached hydrogens (primary N) is 1. The summed E-state index contributed by atoms with van der Waals surface area (Å²) >= 11 is 0. The molecule has 1 amide bonds. The highest BCUT2D eigenvalue weighted by molar-refractivity contribution is 5.92. The topological polar surface area (TPSA) is 103 Å². The van der Waals surface area contributed by atoms with Gasteiger partial charge in [0.2, 0.25) is 0 Å². The quantitative estimate of drug-likeness (QED) is 0.437. The van der Waals surface area contributed by atoms with E-state index >= 15 is 0 Å². The molecule has 0 aliphatic heterocycles. The molecule has 0 atom stereocenters. The Morgan fingerprint density at radius 2 is 2.12 bits per heavy atom. The molecule has 0 bridgehead atoms. The van der Waals surface area contributed by atoms with Gasteiger partial charge in [-0.2, -0.15) is 0 Å². The zero-order chi connectivity index (χ0) is 17.5. The number of nitrogens with zero attached hydrogens (tertiary/aromatic N) is 3. The average molecular weight is 331 g/mol. The van der Waals surface area contributed by atoms with Gasteiger partial charge in [0.15, 0.2) is 0 Å². The number of hydrogen-bond donors (Lipinski definition) is 2. The van der Waals surface area contributed by atoms with Crippen LogP contribution in [0.5, 0.6) is 11.5 Å². The van der Waals surface area contributed by atoms with Crippen molar-refractivity contribution in [3.63, 3.8) is 0 Å². The fraction of sp³-hybridized carbons (Fsp3) is 0.312. The molecule has 8 nitrogen and oxygen atoms in total. The number of likely N-dealkylation sites (N-methyl/N-ethyl adjacent to an activating group) is 1. The number of carbonyl (C=O) groups is 1. The molecule has 0 aliphatic carbocycles. The van der Waals surface area contributed by atoms with Crippen molar-refractivity contribution in [2.24, 2.45) is 5.84 Å². The lowest BCUT2D eigenvalue weighted by molar-refractivity contribution is 0.0948. The minimum Gasteiger partial charge on any atom is -0.497 e. The van der Waals surface area contributed by atoms with Gasteiger partial charge < -0.3 is 14.4 Å². The zero-order valence-corrected chi connectivity index (χ0v) is 13.9. The molecule has 0 unspecified atom stereocenters. The van der Waals surface area contributed by atoms with Crippen molar-refractivity contribution in [3.05, 3.63) is 36.3 Å². The van der Waals surface area contributed by atoms with E-state index in [9.17, 15) is 4.79 Å². The molecule has 1 aromatic heterocycles. The largest absolute Gasteiger partial charge is 0.497 e. The Kier molecular flexibility index (Phi) is 6.05. The van der Waals surface area contributed by atoms with Crippen LogP contribution in [0.2, 0.25) is 0 Å². The van der Waals surface area contributed by atoms with Gasteiger partial charge in [-0.15, -0.1) is 0 Å². The van der Waals surface area contributed by atoms with Crippen LogP contribution in [0.25, 0.3) is 11.3 Å². The molecule has 0 saturated heterocycles. The molecule has 8 heteroatoms. The lowest BCUT2D eigenvalue weighted by atomic mass is 10.1. The van der Waals surface area contributed by atoms with Gasteiger partial charge in [0.1, 0.15) is 23.8 Å². The summed E-state index contributed by atoms with van der Waals surface area (Å²) < 4.78 is 11.1. The molecule has 1 heterocycles. The minimum absolute atomic E-state index is 0.130. The van der Waals surface area contributed by atoms with Gasteiger partial charge in [-0.25, -0.2) is 10.8 Å². The Hall–Kier alpha value is -2.71. The van der Waals surface area contributed by atoms with Crippen LogP contribution in [-0.4, -0.2) is 55.1 Å². The van der Waals surface area contributed by atoms with Gasteiger partial charge in [0.05, 0.1) is 25.2 Å². The molecule has 0 saturated carbocycles. The van der Waals surface area contributed by atoms with Crippen LogP contribution in [-0.2, 0) is 0 Å². The molecule has 2 rings (SSSR count). The highest BCUT2D eigenvalue weighted by Crippen LogP contribution is 2.32. The predicted octanol–water partition coefficient (Wildman–Crippen LogP) is 0.696. The maximum absolute atomic E-state index is 11.6. The van der Waals surface area contributed by atoms with Crippen molar-refractivity contribution in [1.29, 1.82) is 0 Å². The van der Waals surface area contributed by atoms with Gasteiger partial charge in [0.25, 0.3) is 5.91 Å². The number of hydrogen-bond acceptors (Lipinski definition) is 7. The number of ether oxygens (including phenoxy) is 2. The summed E-state index contributed by atoms with van der Waals surface area (Å²) in [5.74, 6) is 5.91. The molecule has 0 spiro atoms. The summed E-state index contributed by atoms with van der Waals surface area (Å²) in [6, 6.07) is 5.39. The third-order valence-electron chi connectivity index (χ3n) is 3.26. The second kappa shape index (κ2) is 8.23. The van der Waals surface area contributed by atoms with Crippen LogP contribution in [0, 0.1) is 0 Å². The van der Waals surface area contributed by atoms with E-state index in [4.69, 9.17) is 15.3 Å². The maximum atomic E-state index is 11.6. The van der Waals surface area contributed by atoms with E-state index in [1.54, 1.807) is 25.4 Å². The van der Waals surface area contributed by atoms with E-state index in [0.717, 1.165) is 6.54 Å². The normalized spacial score (nSPS) is 10.5. The fourth-order valence-electron chi connectivity index (χ4n) is 1.98. The van der Waals surface area contributed by atoms with E-state index < -0.39 is 5.91 Å². The lowest BCUT2D eigenvalue weighted by Crippen LogP contribution is -2.30. The molecule has 0 fully saturated rings. The van der Waals surface area contributed by atoms with E-state index in [0.29, 0.717) is 29.4 Å². The summed E-state index contributed by atoms with van der Waals surface area (Å²) in [6.45, 7) is 1.27. The number of hydrazine groups is 1. The highest BCUT2D eigenvalue weighted by atomic mass is 16.5. The van der Waals surface area contributed by atoms with Gasteiger partial charge in [-0.05, 0) is 26.2 Å². The van der Waals surface area contributed by atoms with Gasteiger partial charge >= 0.3 is 0 Å². The van der Waals surface area contributed by atoms with Crippen molar-refractivity contribution in [3.8, 4) is 22.8 Å². The van der Waals surface area contributed by atoms with E-state index in [1.165, 1.54) is 6.20 Å². The van der Waals surface area contributed by atoms with Crippen LogP contribution in [0.1, 0.15) is 10.5 Å². The maximum Gasteiger partial charge on any atom is 0.285 e. The monoisotopic (exact) mass is 331 g/mol. The first-order valence-electron chi connectivity index (χ1n) is 7.34. The lowest BCUT2D eigenvalue weighted by Gasteiger charge is -2.15. The van der Waals surface area contributed by atoms with Crippen molar-refractivity contribution >= 4 is 5.91 Å². The van der Waals surface area contributed by atoms with Crippen LogP contribution >= 0.6 is 0 Å². The summed E-state index contributed by atoms with van der Waals surface area (Å²) in [4.78, 5) is 22.0. The van der Waals surface area contributed by atoms with E-state index in [2.05, 4.69) is 9.97 Å². The SMILES string of the molecule is COc1ccc(-c2cncc(C(=O)NN)n2)c(OCCN(C)C)c1. The number of methoxy groups -OCH3 is 1. The van der Waals surface area contributed by atoms with Gasteiger partial charge in [0, 0.05) is 18.2 Å². The summed E-state index contributed by atoms with van der Waals surface area (Å²) in [5, 5.41) is 0. The van der Waals surface area contributed by atoms with Crippen molar-refractivity contribution in [1.82, 2.24) is 20.3 Å². The molecular weight excluding hydrogens is 310 g/mol. The summed E-state index contributed by atoms with van der Waals surface area (Å²) in [6.07, 6.45) is 2.91. The third kappa shape index (κ3) is 4.40. The van der Waals surface area contributed by atoms with Crippen molar-refractivity contribution < 1.29 is 14.3 Å². The van der Waals surface area contributed by atoms with Crippen LogP contribution in [0.3, 0.4) is 0 Å². The number of aromatic nitrogens is 2. The number of amides is 1. The first-order chi connectivity index (χ1) is 11.5. The Morgan fingerprint density at radius 1 is 1.33 bits per heavy atom. The van der Waals surface area contributed by atoms with Crippen LogP contribution in [0.4, 0.5) is 0 Å². The molecular formula is C16H21N5O3. The predicted molar refractivity (Wildman–Crippen MR) is 89.7 cm³/mol. The molecule has 2 aromatic rings. The molecule has 3 N–H and O–H groups in total. The first kappa shape index (κ1) is 17.6. The van der Waals surface area contributed by atoms with E-state index in [-0.39, 0.29) is 5.69 Å². The van der Waals surface area contributed by atoms with Gasteiger partial charge in [-0.1, -0.05) is 0 Å². The first-order valence-corrected chi connectivity index (χ1v) is 7.34. The van der Waals surface area contributed by atoms with Gasteiger partial charge in [-0.3, -0.25) is 15.2 Å². The Balaban J connectivity index is 2.36. The Morgan fingerprint density at radius 3 is 2.79 bits per heavy atom. The molecule has 128 valence electrons. The average Bonchev–Trinajstić information content (AvgIpc) is 2.60. The van der Waals surface area contributed by atoms with Crippen LogP contribution < -0.4 is 20.7 Å². The molecule has 0 radical (unpaired) electrons. The number of rotatable bonds is 7. The number of nitrogen functional groups attached to an aromatic ring is 1. The summed E-state index contributed by atoms with van der Waals surface area (Å²) in [7, 11) is 5.52. The number of carbonyl (C=O) groups excluding carboxylic acids is 1.